The first-order valence-electron chi connectivity index (χ1n) is 5.97. The van der Waals surface area contributed by atoms with Crippen LogP contribution >= 0.6 is 11.3 Å². The average molecular weight is 276 g/mol. The van der Waals surface area contributed by atoms with E-state index >= 15 is 0 Å². The van der Waals surface area contributed by atoms with E-state index in [4.69, 9.17) is 11.5 Å². The summed E-state index contributed by atoms with van der Waals surface area (Å²) in [7, 11) is 0. The molecule has 1 aromatic carbocycles. The van der Waals surface area contributed by atoms with Crippen molar-refractivity contribution in [1.29, 1.82) is 0 Å². The Labute approximate surface area is 115 Å². The highest BCUT2D eigenvalue weighted by Gasteiger charge is 2.13. The monoisotopic (exact) mass is 276 g/mol. The van der Waals surface area contributed by atoms with E-state index < -0.39 is 5.91 Å². The minimum absolute atomic E-state index is 0.113. The average Bonchev–Trinajstić information content (AvgIpc) is 2.91. The van der Waals surface area contributed by atoms with E-state index in [0.717, 1.165) is 17.1 Å². The summed E-state index contributed by atoms with van der Waals surface area (Å²) in [6.07, 6.45) is 2.68. The zero-order chi connectivity index (χ0) is 13.8. The summed E-state index contributed by atoms with van der Waals surface area (Å²) in [5.74, 6) is -0.481. The topological polar surface area (TPSA) is 94.0 Å². The molecule has 19 heavy (non-hydrogen) atoms. The lowest BCUT2D eigenvalue weighted by molar-refractivity contribution is 0.100. The van der Waals surface area contributed by atoms with Gasteiger partial charge in [-0.2, -0.15) is 0 Å². The standard InChI is InChI=1S/C13H16N4OS/c1-2-10(13-16-5-6-19-13)17-11-4-3-8(12(15)18)7-9(11)14/h3-7,10,17H,2,14H2,1H3,(H2,15,18). The maximum Gasteiger partial charge on any atom is 0.248 e. The van der Waals surface area contributed by atoms with E-state index in [-0.39, 0.29) is 6.04 Å². The lowest BCUT2D eigenvalue weighted by Crippen LogP contribution is -2.13. The molecule has 0 saturated carbocycles. The molecule has 1 atom stereocenters. The first-order valence-corrected chi connectivity index (χ1v) is 6.85. The number of amides is 1. The van der Waals surface area contributed by atoms with E-state index in [1.807, 2.05) is 5.38 Å². The van der Waals surface area contributed by atoms with Crippen LogP contribution in [0.1, 0.15) is 34.8 Å². The molecule has 0 spiro atoms. The molecule has 0 radical (unpaired) electrons. The molecule has 5 nitrogen and oxygen atoms in total. The molecule has 0 saturated heterocycles. The number of nitrogens with two attached hydrogens (primary N) is 2. The molecule has 0 fully saturated rings. The third kappa shape index (κ3) is 3.03. The van der Waals surface area contributed by atoms with Gasteiger partial charge in [0.2, 0.25) is 5.91 Å². The van der Waals surface area contributed by atoms with Gasteiger partial charge in [0.1, 0.15) is 5.01 Å². The van der Waals surface area contributed by atoms with Crippen molar-refractivity contribution in [3.63, 3.8) is 0 Å². The number of thiazole rings is 1. The Kier molecular flexibility index (Phi) is 4.01. The van der Waals surface area contributed by atoms with Crippen molar-refractivity contribution in [3.8, 4) is 0 Å². The zero-order valence-electron chi connectivity index (χ0n) is 10.6. The van der Waals surface area contributed by atoms with E-state index in [9.17, 15) is 4.79 Å². The molecule has 1 amide bonds. The second-order valence-electron chi connectivity index (χ2n) is 4.14. The van der Waals surface area contributed by atoms with Gasteiger partial charge in [-0.3, -0.25) is 4.79 Å². The van der Waals surface area contributed by atoms with E-state index in [0.29, 0.717) is 11.3 Å². The number of carbonyl (C=O) groups is 1. The van der Waals surface area contributed by atoms with Gasteiger partial charge in [0, 0.05) is 17.1 Å². The summed E-state index contributed by atoms with van der Waals surface area (Å²) >= 11 is 1.60. The van der Waals surface area contributed by atoms with Crippen molar-refractivity contribution >= 4 is 28.6 Å². The number of aromatic nitrogens is 1. The Morgan fingerprint density at radius 2 is 2.32 bits per heavy atom. The predicted octanol–water partition coefficient (Wildman–Crippen LogP) is 2.39. The maximum absolute atomic E-state index is 11.1. The van der Waals surface area contributed by atoms with Crippen LogP contribution in [0, 0.1) is 0 Å². The van der Waals surface area contributed by atoms with Crippen LogP contribution in [-0.2, 0) is 0 Å². The second-order valence-corrected chi connectivity index (χ2v) is 5.07. The summed E-state index contributed by atoms with van der Waals surface area (Å²) in [6, 6.07) is 5.13. The molecule has 1 heterocycles. The first kappa shape index (κ1) is 13.4. The van der Waals surface area contributed by atoms with Gasteiger partial charge in [0.15, 0.2) is 0 Å². The summed E-state index contributed by atoms with van der Waals surface area (Å²) in [5, 5.41) is 6.29. The van der Waals surface area contributed by atoms with Crippen LogP contribution in [0.25, 0.3) is 0 Å². The number of rotatable bonds is 5. The quantitative estimate of drug-likeness (QED) is 0.731. The maximum atomic E-state index is 11.1. The van der Waals surface area contributed by atoms with Gasteiger partial charge in [-0.15, -0.1) is 11.3 Å². The summed E-state index contributed by atoms with van der Waals surface area (Å²) in [5.41, 5.74) is 12.8. The number of benzene rings is 1. The van der Waals surface area contributed by atoms with E-state index in [2.05, 4.69) is 17.2 Å². The van der Waals surface area contributed by atoms with Crippen LogP contribution in [-0.4, -0.2) is 10.9 Å². The van der Waals surface area contributed by atoms with Crippen molar-refractivity contribution in [2.75, 3.05) is 11.1 Å². The number of hydrogen-bond donors (Lipinski definition) is 3. The predicted molar refractivity (Wildman–Crippen MR) is 78.1 cm³/mol. The van der Waals surface area contributed by atoms with Crippen LogP contribution < -0.4 is 16.8 Å². The Hall–Kier alpha value is -2.08. The lowest BCUT2D eigenvalue weighted by atomic mass is 10.1. The molecule has 0 aliphatic carbocycles. The van der Waals surface area contributed by atoms with Crippen molar-refractivity contribution in [3.05, 3.63) is 40.3 Å². The first-order chi connectivity index (χ1) is 9.11. The normalized spacial score (nSPS) is 12.1. The van der Waals surface area contributed by atoms with Crippen LogP contribution in [0.2, 0.25) is 0 Å². The number of primary amides is 1. The molecule has 1 unspecified atom stereocenters. The Bertz CT molecular complexity index is 568. The zero-order valence-corrected chi connectivity index (χ0v) is 11.4. The van der Waals surface area contributed by atoms with Gasteiger partial charge in [0.25, 0.3) is 0 Å². The number of carbonyl (C=O) groups excluding carboxylic acids is 1. The third-order valence-corrected chi connectivity index (χ3v) is 3.71. The van der Waals surface area contributed by atoms with Crippen molar-refractivity contribution in [2.45, 2.75) is 19.4 Å². The van der Waals surface area contributed by atoms with Gasteiger partial charge in [-0.25, -0.2) is 4.98 Å². The Morgan fingerprint density at radius 3 is 2.84 bits per heavy atom. The van der Waals surface area contributed by atoms with Gasteiger partial charge in [0.05, 0.1) is 17.4 Å². The SMILES string of the molecule is CCC(Nc1ccc(C(N)=O)cc1N)c1nccs1. The number of anilines is 2. The largest absolute Gasteiger partial charge is 0.397 e. The van der Waals surface area contributed by atoms with Gasteiger partial charge < -0.3 is 16.8 Å². The highest BCUT2D eigenvalue weighted by molar-refractivity contribution is 7.09. The van der Waals surface area contributed by atoms with E-state index in [1.165, 1.54) is 0 Å². The number of hydrogen-bond acceptors (Lipinski definition) is 5. The highest BCUT2D eigenvalue weighted by Crippen LogP contribution is 2.28. The van der Waals surface area contributed by atoms with Crippen molar-refractivity contribution in [1.82, 2.24) is 4.98 Å². The molecule has 6 heteroatoms. The minimum Gasteiger partial charge on any atom is -0.397 e. The number of nitrogen functional groups attached to an aromatic ring is 1. The van der Waals surface area contributed by atoms with Crippen LogP contribution in [0.5, 0.6) is 0 Å². The molecule has 1 aromatic heterocycles. The number of nitrogens with one attached hydrogen (secondary N) is 1. The smallest absolute Gasteiger partial charge is 0.248 e. The van der Waals surface area contributed by atoms with Crippen LogP contribution in [0.3, 0.4) is 0 Å². The minimum atomic E-state index is -0.481. The van der Waals surface area contributed by atoms with Crippen molar-refractivity contribution < 1.29 is 4.79 Å². The fraction of sp³-hybridized carbons (Fsp3) is 0.231. The van der Waals surface area contributed by atoms with Gasteiger partial charge >= 0.3 is 0 Å². The highest BCUT2D eigenvalue weighted by atomic mass is 32.1. The molecule has 2 aromatic rings. The molecule has 100 valence electrons. The van der Waals surface area contributed by atoms with Gasteiger partial charge in [-0.1, -0.05) is 6.92 Å². The molecule has 0 bridgehead atoms. The summed E-state index contributed by atoms with van der Waals surface area (Å²) in [6.45, 7) is 2.08. The molecule has 5 N–H and O–H groups in total. The molecular weight excluding hydrogens is 260 g/mol. The Morgan fingerprint density at radius 1 is 1.53 bits per heavy atom. The lowest BCUT2D eigenvalue weighted by Gasteiger charge is -2.17. The van der Waals surface area contributed by atoms with E-state index in [1.54, 1.807) is 35.7 Å². The second kappa shape index (κ2) is 5.71. The van der Waals surface area contributed by atoms with Crippen molar-refractivity contribution in [2.24, 2.45) is 5.73 Å². The fourth-order valence-electron chi connectivity index (χ4n) is 1.78. The molecule has 2 rings (SSSR count). The van der Waals surface area contributed by atoms with Gasteiger partial charge in [-0.05, 0) is 24.6 Å². The summed E-state index contributed by atoms with van der Waals surface area (Å²) in [4.78, 5) is 15.4. The summed E-state index contributed by atoms with van der Waals surface area (Å²) < 4.78 is 0. The number of nitrogens with zero attached hydrogens (tertiary/aromatic N) is 1. The Balaban J connectivity index is 2.21. The molecule has 0 aliphatic rings. The molecule has 0 aliphatic heterocycles. The third-order valence-electron chi connectivity index (χ3n) is 2.82. The molecular formula is C13H16N4OS. The van der Waals surface area contributed by atoms with Crippen LogP contribution in [0.4, 0.5) is 11.4 Å². The van der Waals surface area contributed by atoms with Crippen LogP contribution in [0.15, 0.2) is 29.8 Å². The fourth-order valence-corrected chi connectivity index (χ4v) is 2.55.